The fraction of sp³-hybridized carbons (Fsp3) is 0.708. The number of ketones is 2. The molecular weight excluding hydrogens is 380 g/mol. The molecule has 6 heteroatoms. The summed E-state index contributed by atoms with van der Waals surface area (Å²) in [7, 11) is 0. The number of carbonyl (C=O) groups is 2. The number of allylic oxidation sites excluding steroid dienone is 1. The standard InChI is InChI=1S/C24H32N2O4/c1-4-26-18-9-15-5-6-16-17-7-8-24(30,20(29)13-27)23(17,3)11-19(28)21(16)22(15,2)10-14(18)12-25-26/h9,12,16-17,21,27,30H,4-8,10-11,13H2,1-3H3/t16-,17-,21+,22-,23-,24-/m0/s1. The van der Waals surface area contributed by atoms with Crippen molar-refractivity contribution < 1.29 is 19.8 Å². The Kier molecular flexibility index (Phi) is 4.27. The lowest BCUT2D eigenvalue weighted by Gasteiger charge is -2.57. The molecule has 4 aliphatic carbocycles. The first-order valence-electron chi connectivity index (χ1n) is 11.3. The molecule has 0 aromatic carbocycles. The molecule has 3 saturated carbocycles. The maximum absolute atomic E-state index is 13.7. The van der Waals surface area contributed by atoms with E-state index in [4.69, 9.17) is 0 Å². The summed E-state index contributed by atoms with van der Waals surface area (Å²) in [5.41, 5.74) is 1.14. The normalized spacial score (nSPS) is 42.1. The topological polar surface area (TPSA) is 92.4 Å². The van der Waals surface area contributed by atoms with Crippen molar-refractivity contribution in [1.82, 2.24) is 9.78 Å². The minimum atomic E-state index is -1.59. The van der Waals surface area contributed by atoms with Gasteiger partial charge in [0.15, 0.2) is 5.78 Å². The van der Waals surface area contributed by atoms with E-state index in [9.17, 15) is 19.8 Å². The van der Waals surface area contributed by atoms with E-state index in [0.717, 1.165) is 32.2 Å². The lowest BCUT2D eigenvalue weighted by Crippen LogP contribution is -2.61. The fourth-order valence-corrected chi connectivity index (χ4v) is 7.78. The molecule has 1 aromatic rings. The van der Waals surface area contributed by atoms with Crippen molar-refractivity contribution in [1.29, 1.82) is 0 Å². The molecule has 1 heterocycles. The third-order valence-corrected chi connectivity index (χ3v) is 9.31. The van der Waals surface area contributed by atoms with Gasteiger partial charge in [-0.1, -0.05) is 19.4 Å². The number of hydrogen-bond acceptors (Lipinski definition) is 5. The number of aliphatic hydroxyl groups is 2. The third-order valence-electron chi connectivity index (χ3n) is 9.31. The zero-order valence-corrected chi connectivity index (χ0v) is 18.1. The number of hydrogen-bond donors (Lipinski definition) is 2. The van der Waals surface area contributed by atoms with Crippen molar-refractivity contribution in [2.45, 2.75) is 71.4 Å². The summed E-state index contributed by atoms with van der Waals surface area (Å²) in [6.07, 6.45) is 8.20. The van der Waals surface area contributed by atoms with Crippen LogP contribution < -0.4 is 0 Å². The molecular formula is C24H32N2O4. The number of rotatable bonds is 3. The van der Waals surface area contributed by atoms with Gasteiger partial charge in [-0.3, -0.25) is 14.3 Å². The molecule has 0 saturated heterocycles. The predicted molar refractivity (Wildman–Crippen MR) is 111 cm³/mol. The van der Waals surface area contributed by atoms with Crippen molar-refractivity contribution >= 4 is 17.6 Å². The van der Waals surface area contributed by atoms with Gasteiger partial charge in [-0.25, -0.2) is 0 Å². The van der Waals surface area contributed by atoms with E-state index in [1.54, 1.807) is 0 Å². The Labute approximate surface area is 177 Å². The van der Waals surface area contributed by atoms with Gasteiger partial charge >= 0.3 is 0 Å². The van der Waals surface area contributed by atoms with Crippen molar-refractivity contribution in [2.75, 3.05) is 6.61 Å². The summed E-state index contributed by atoms with van der Waals surface area (Å²) in [6, 6.07) is 0. The average molecular weight is 413 g/mol. The Bertz CT molecular complexity index is 964. The highest BCUT2D eigenvalue weighted by molar-refractivity contribution is 5.92. The lowest BCUT2D eigenvalue weighted by atomic mass is 9.46. The number of aryl methyl sites for hydroxylation is 1. The van der Waals surface area contributed by atoms with Crippen LogP contribution in [-0.4, -0.2) is 43.8 Å². The predicted octanol–water partition coefficient (Wildman–Crippen LogP) is 2.56. The summed E-state index contributed by atoms with van der Waals surface area (Å²) >= 11 is 0. The van der Waals surface area contributed by atoms with E-state index < -0.39 is 23.4 Å². The number of carbonyl (C=O) groups excluding carboxylic acids is 2. The van der Waals surface area contributed by atoms with Crippen LogP contribution in [0.5, 0.6) is 0 Å². The molecule has 6 nitrogen and oxygen atoms in total. The summed E-state index contributed by atoms with van der Waals surface area (Å²) in [4.78, 5) is 26.2. The van der Waals surface area contributed by atoms with Crippen LogP contribution in [0.25, 0.3) is 6.08 Å². The van der Waals surface area contributed by atoms with Crippen LogP contribution in [0, 0.1) is 28.6 Å². The maximum Gasteiger partial charge on any atom is 0.190 e. The molecule has 0 radical (unpaired) electrons. The van der Waals surface area contributed by atoms with Gasteiger partial charge in [0.2, 0.25) is 0 Å². The number of fused-ring (bicyclic) bond motifs is 6. The first kappa shape index (κ1) is 20.1. The third kappa shape index (κ3) is 2.29. The summed E-state index contributed by atoms with van der Waals surface area (Å²) in [6.45, 7) is 6.40. The minimum absolute atomic E-state index is 0.0831. The quantitative estimate of drug-likeness (QED) is 0.796. The van der Waals surface area contributed by atoms with Gasteiger partial charge in [-0.15, -0.1) is 0 Å². The first-order valence-corrected chi connectivity index (χ1v) is 11.3. The van der Waals surface area contributed by atoms with Crippen LogP contribution in [-0.2, 0) is 22.6 Å². The molecule has 0 amide bonds. The Morgan fingerprint density at radius 3 is 2.77 bits per heavy atom. The second kappa shape index (κ2) is 6.36. The fourth-order valence-electron chi connectivity index (χ4n) is 7.78. The molecule has 0 bridgehead atoms. The van der Waals surface area contributed by atoms with Crippen LogP contribution in [0.4, 0.5) is 0 Å². The number of aliphatic hydroxyl groups excluding tert-OH is 1. The minimum Gasteiger partial charge on any atom is -0.388 e. The van der Waals surface area contributed by atoms with E-state index >= 15 is 0 Å². The van der Waals surface area contributed by atoms with Crippen molar-refractivity contribution in [3.05, 3.63) is 23.0 Å². The molecule has 0 unspecified atom stereocenters. The van der Waals surface area contributed by atoms with E-state index in [2.05, 4.69) is 25.0 Å². The van der Waals surface area contributed by atoms with Gasteiger partial charge in [0.1, 0.15) is 18.0 Å². The van der Waals surface area contributed by atoms with Gasteiger partial charge in [0, 0.05) is 29.7 Å². The van der Waals surface area contributed by atoms with E-state index in [1.807, 2.05) is 17.8 Å². The van der Waals surface area contributed by atoms with E-state index in [1.165, 1.54) is 16.8 Å². The molecule has 30 heavy (non-hydrogen) atoms. The molecule has 162 valence electrons. The van der Waals surface area contributed by atoms with Crippen LogP contribution in [0.1, 0.15) is 64.1 Å². The van der Waals surface area contributed by atoms with Crippen molar-refractivity contribution in [3.63, 3.8) is 0 Å². The van der Waals surface area contributed by atoms with E-state index in [-0.39, 0.29) is 35.4 Å². The Balaban J connectivity index is 1.55. The lowest BCUT2D eigenvalue weighted by molar-refractivity contribution is -0.169. The van der Waals surface area contributed by atoms with Gasteiger partial charge < -0.3 is 10.2 Å². The Morgan fingerprint density at radius 2 is 2.07 bits per heavy atom. The monoisotopic (exact) mass is 412 g/mol. The van der Waals surface area contributed by atoms with Crippen LogP contribution in [0.2, 0.25) is 0 Å². The molecule has 0 aliphatic heterocycles. The second-order valence-electron chi connectivity index (χ2n) is 10.5. The molecule has 4 aliphatic rings. The highest BCUT2D eigenvalue weighted by Crippen LogP contribution is 2.66. The number of nitrogens with zero attached hydrogens (tertiary/aromatic N) is 2. The van der Waals surface area contributed by atoms with Crippen LogP contribution in [0.15, 0.2) is 11.8 Å². The molecule has 5 rings (SSSR count). The molecule has 2 N–H and O–H groups in total. The van der Waals surface area contributed by atoms with Gasteiger partial charge in [0.05, 0.1) is 11.9 Å². The van der Waals surface area contributed by atoms with Crippen LogP contribution >= 0.6 is 0 Å². The van der Waals surface area contributed by atoms with Gasteiger partial charge in [-0.2, -0.15) is 5.10 Å². The summed E-state index contributed by atoms with van der Waals surface area (Å²) in [5, 5.41) is 25.3. The first-order chi connectivity index (χ1) is 14.2. The van der Waals surface area contributed by atoms with Gasteiger partial charge in [0.25, 0.3) is 0 Å². The van der Waals surface area contributed by atoms with Gasteiger partial charge in [-0.05, 0) is 62.5 Å². The second-order valence-corrected chi connectivity index (χ2v) is 10.5. The molecule has 3 fully saturated rings. The smallest absolute Gasteiger partial charge is 0.190 e. The van der Waals surface area contributed by atoms with Crippen molar-refractivity contribution in [2.24, 2.45) is 28.6 Å². The zero-order chi connectivity index (χ0) is 21.5. The summed E-state index contributed by atoms with van der Waals surface area (Å²) < 4.78 is 2.03. The highest BCUT2D eigenvalue weighted by atomic mass is 16.3. The Hall–Kier alpha value is -1.79. The highest BCUT2D eigenvalue weighted by Gasteiger charge is 2.68. The zero-order valence-electron chi connectivity index (χ0n) is 18.1. The molecule has 6 atom stereocenters. The van der Waals surface area contributed by atoms with Crippen molar-refractivity contribution in [3.8, 4) is 0 Å². The maximum atomic E-state index is 13.7. The SMILES string of the molecule is CCn1ncc2c1C=C1CC[C@@H]3[C@H](C(=O)C[C@@]4(C)[C@H]3CC[C@]4(O)C(=O)CO)[C@@]1(C)C2. The van der Waals surface area contributed by atoms with Crippen LogP contribution in [0.3, 0.4) is 0 Å². The number of aromatic nitrogens is 2. The summed E-state index contributed by atoms with van der Waals surface area (Å²) in [5.74, 6) is -0.152. The Morgan fingerprint density at radius 1 is 1.30 bits per heavy atom. The average Bonchev–Trinajstić information content (AvgIpc) is 3.22. The molecule has 1 aromatic heterocycles. The molecule has 0 spiro atoms. The van der Waals surface area contributed by atoms with E-state index in [0.29, 0.717) is 6.42 Å². The largest absolute Gasteiger partial charge is 0.388 e. The number of Topliss-reactive ketones (excluding diaryl/α,β-unsaturated/α-hetero) is 2.